The summed E-state index contributed by atoms with van der Waals surface area (Å²) in [5.74, 6) is -13.0. The number of hydrogen-bond acceptors (Lipinski definition) is 2. The van der Waals surface area contributed by atoms with Gasteiger partial charge >= 0.3 is 18.6 Å². The Bertz CT molecular complexity index is 1490. The number of benzene rings is 3. The molecule has 3 aromatic rings. The summed E-state index contributed by atoms with van der Waals surface area (Å²) in [4.78, 5) is 0. The molecule has 2 nitrogen and oxygen atoms in total. The van der Waals surface area contributed by atoms with Gasteiger partial charge in [-0.3, -0.25) is 0 Å². The van der Waals surface area contributed by atoms with Crippen molar-refractivity contribution in [3.8, 4) is 16.9 Å². The lowest BCUT2D eigenvalue weighted by molar-refractivity contribution is -0.432. The molecule has 0 aliphatic heterocycles. The molecule has 0 radical (unpaired) electrons. The maximum atomic E-state index is 15.1. The average molecular weight is 677 g/mol. The third-order valence-corrected chi connectivity index (χ3v) is 7.77. The summed E-state index contributed by atoms with van der Waals surface area (Å²) >= 11 is 0. The van der Waals surface area contributed by atoms with Crippen LogP contribution in [0.3, 0.4) is 0 Å². The fraction of sp³-hybridized carbons (Fsp3) is 0.419. The van der Waals surface area contributed by atoms with Gasteiger partial charge in [0, 0.05) is 12.1 Å². The molecule has 252 valence electrons. The van der Waals surface area contributed by atoms with E-state index in [9.17, 15) is 48.3 Å². The molecule has 15 heteroatoms. The van der Waals surface area contributed by atoms with Crippen LogP contribution in [-0.2, 0) is 17.0 Å². The highest BCUT2D eigenvalue weighted by molar-refractivity contribution is 5.66. The van der Waals surface area contributed by atoms with Crippen LogP contribution in [0.1, 0.15) is 74.5 Å². The molecule has 1 aliphatic carbocycles. The van der Waals surface area contributed by atoms with Gasteiger partial charge in [0.1, 0.15) is 51.8 Å². The number of alkyl halides is 7. The average Bonchev–Trinajstić information content (AvgIpc) is 2.89. The minimum Gasteiger partial charge on any atom is -0.429 e. The second-order valence-electron chi connectivity index (χ2n) is 11.0. The van der Waals surface area contributed by atoms with E-state index in [-0.39, 0.29) is 18.1 Å². The van der Waals surface area contributed by atoms with E-state index in [0.29, 0.717) is 24.3 Å². The predicted molar refractivity (Wildman–Crippen MR) is 138 cm³/mol. The van der Waals surface area contributed by atoms with Gasteiger partial charge in [0.05, 0.1) is 5.56 Å². The third-order valence-electron chi connectivity index (χ3n) is 7.77. The van der Waals surface area contributed by atoms with Crippen LogP contribution in [0.25, 0.3) is 11.1 Å². The molecule has 0 saturated heterocycles. The van der Waals surface area contributed by atoms with Gasteiger partial charge in [0.25, 0.3) is 0 Å². The monoisotopic (exact) mass is 676 g/mol. The summed E-state index contributed by atoms with van der Waals surface area (Å²) in [7, 11) is 0. The third kappa shape index (κ3) is 7.89. The topological polar surface area (TPSA) is 18.5 Å². The Labute approximate surface area is 254 Å². The first-order valence-electron chi connectivity index (χ1n) is 14.0. The lowest BCUT2D eigenvalue weighted by Crippen LogP contribution is -2.30. The molecule has 0 aromatic heterocycles. The molecule has 3 aromatic carbocycles. The highest BCUT2D eigenvalue weighted by Gasteiger charge is 2.50. The van der Waals surface area contributed by atoms with E-state index in [1.54, 1.807) is 0 Å². The SMILES string of the molecule is CCCCC1CCC(c2cc(F)c(-c3cc(F)c(C(F)(F)Oc4cc(F)c(C(F)(F)OC(F)(F)F)c(F)c4)c(F)c3)c(F)c2)CC1. The Hall–Kier alpha value is -3.49. The summed E-state index contributed by atoms with van der Waals surface area (Å²) in [6.45, 7) is 2.08. The van der Waals surface area contributed by atoms with E-state index >= 15 is 8.78 Å². The summed E-state index contributed by atoms with van der Waals surface area (Å²) < 4.78 is 188. The molecule has 0 atom stereocenters. The Balaban J connectivity index is 1.58. The Morgan fingerprint density at radius 2 is 1.11 bits per heavy atom. The van der Waals surface area contributed by atoms with Crippen LogP contribution >= 0.6 is 0 Å². The van der Waals surface area contributed by atoms with E-state index in [4.69, 9.17) is 0 Å². The lowest BCUT2D eigenvalue weighted by Gasteiger charge is -2.29. The van der Waals surface area contributed by atoms with Crippen molar-refractivity contribution in [2.75, 3.05) is 0 Å². The summed E-state index contributed by atoms with van der Waals surface area (Å²) in [6.07, 6.45) is -10.6. The first-order chi connectivity index (χ1) is 21.3. The fourth-order valence-electron chi connectivity index (χ4n) is 5.66. The van der Waals surface area contributed by atoms with Crippen molar-refractivity contribution in [3.05, 3.63) is 88.0 Å². The molecule has 46 heavy (non-hydrogen) atoms. The minimum atomic E-state index is -6.06. The van der Waals surface area contributed by atoms with Crippen LogP contribution in [0.4, 0.5) is 57.1 Å². The fourth-order valence-corrected chi connectivity index (χ4v) is 5.66. The summed E-state index contributed by atoms with van der Waals surface area (Å²) in [5.41, 5.74) is -6.21. The molecule has 4 rings (SSSR count). The highest BCUT2D eigenvalue weighted by Crippen LogP contribution is 2.43. The standard InChI is InChI=1S/C31H25F13O2/c1-2-3-4-15-5-7-16(8-6-15)17-9-20(32)26(21(33)10-17)18-11-22(34)27(23(35)12-18)29(38,39)45-19-13-24(36)28(25(37)14-19)30(40,41)46-31(42,43)44/h9-16H,2-8H2,1H3. The van der Waals surface area contributed by atoms with Crippen LogP contribution in [0.5, 0.6) is 5.75 Å². The molecule has 1 aliphatic rings. The zero-order valence-corrected chi connectivity index (χ0v) is 23.8. The van der Waals surface area contributed by atoms with Gasteiger partial charge in [-0.15, -0.1) is 13.2 Å². The van der Waals surface area contributed by atoms with Crippen molar-refractivity contribution >= 4 is 0 Å². The van der Waals surface area contributed by atoms with Gasteiger partial charge in [-0.05, 0) is 72.9 Å². The predicted octanol–water partition coefficient (Wildman–Crippen LogP) is 11.4. The number of unbranched alkanes of at least 4 members (excludes halogenated alkanes) is 1. The van der Waals surface area contributed by atoms with E-state index in [1.807, 2.05) is 0 Å². The van der Waals surface area contributed by atoms with E-state index in [2.05, 4.69) is 16.4 Å². The largest absolute Gasteiger partial charge is 0.527 e. The van der Waals surface area contributed by atoms with Gasteiger partial charge in [0.15, 0.2) is 0 Å². The molecule has 0 heterocycles. The van der Waals surface area contributed by atoms with Crippen LogP contribution in [-0.4, -0.2) is 6.36 Å². The van der Waals surface area contributed by atoms with Crippen molar-refractivity contribution in [1.82, 2.24) is 0 Å². The number of hydrogen-bond donors (Lipinski definition) is 0. The van der Waals surface area contributed by atoms with Gasteiger partial charge in [-0.25, -0.2) is 31.1 Å². The highest BCUT2D eigenvalue weighted by atomic mass is 19.4. The first kappa shape index (κ1) is 35.4. The number of ether oxygens (including phenoxy) is 2. The number of halogens is 13. The quantitative estimate of drug-likeness (QED) is 0.199. The smallest absolute Gasteiger partial charge is 0.429 e. The van der Waals surface area contributed by atoms with Crippen molar-refractivity contribution in [1.29, 1.82) is 0 Å². The van der Waals surface area contributed by atoms with Crippen molar-refractivity contribution in [3.63, 3.8) is 0 Å². The Morgan fingerprint density at radius 3 is 1.59 bits per heavy atom. The molecule has 1 fully saturated rings. The van der Waals surface area contributed by atoms with E-state index in [0.717, 1.165) is 44.2 Å². The molecule has 1 saturated carbocycles. The minimum absolute atomic E-state index is 0.158. The normalized spacial score (nSPS) is 17.8. The molecule has 0 spiro atoms. The zero-order valence-electron chi connectivity index (χ0n) is 23.8. The van der Waals surface area contributed by atoms with E-state index in [1.165, 1.54) is 0 Å². The van der Waals surface area contributed by atoms with Crippen LogP contribution in [0, 0.1) is 40.8 Å². The molecular weight excluding hydrogens is 651 g/mol. The van der Waals surface area contributed by atoms with Crippen LogP contribution < -0.4 is 4.74 Å². The maximum Gasteiger partial charge on any atom is 0.527 e. The zero-order chi connectivity index (χ0) is 34.2. The van der Waals surface area contributed by atoms with Crippen LogP contribution in [0.2, 0.25) is 0 Å². The molecule has 0 amide bonds. The maximum absolute atomic E-state index is 15.1. The van der Waals surface area contributed by atoms with Crippen molar-refractivity contribution in [2.24, 2.45) is 5.92 Å². The number of rotatable bonds is 10. The summed E-state index contributed by atoms with van der Waals surface area (Å²) in [6, 6.07) is 1.55. The first-order valence-corrected chi connectivity index (χ1v) is 14.0. The second kappa shape index (κ2) is 13.3. The van der Waals surface area contributed by atoms with Gasteiger partial charge < -0.3 is 4.74 Å². The molecule has 0 N–H and O–H groups in total. The van der Waals surface area contributed by atoms with Crippen LogP contribution in [0.15, 0.2) is 36.4 Å². The Morgan fingerprint density at radius 1 is 0.630 bits per heavy atom. The lowest BCUT2D eigenvalue weighted by atomic mass is 9.77. The molecule has 0 unspecified atom stereocenters. The van der Waals surface area contributed by atoms with Gasteiger partial charge in [0.2, 0.25) is 0 Å². The molecular formula is C31H25F13O2. The van der Waals surface area contributed by atoms with E-state index < -0.39 is 93.6 Å². The van der Waals surface area contributed by atoms with Crippen molar-refractivity contribution < 1.29 is 66.5 Å². The molecule has 0 bridgehead atoms. The van der Waals surface area contributed by atoms with Gasteiger partial charge in [-0.1, -0.05) is 26.2 Å². The van der Waals surface area contributed by atoms with Crippen molar-refractivity contribution in [2.45, 2.75) is 76.4 Å². The summed E-state index contributed by atoms with van der Waals surface area (Å²) in [5, 5.41) is 0. The van der Waals surface area contributed by atoms with Gasteiger partial charge in [-0.2, -0.15) is 17.6 Å². The Kier molecular flexibility index (Phi) is 10.2. The second-order valence-corrected chi connectivity index (χ2v) is 11.0.